The highest BCUT2D eigenvalue weighted by Crippen LogP contribution is 2.45. The average molecular weight is 465 g/mol. The first-order valence-corrected chi connectivity index (χ1v) is 10.3. The lowest BCUT2D eigenvalue weighted by molar-refractivity contribution is -0.119. The summed E-state index contributed by atoms with van der Waals surface area (Å²) in [7, 11) is 0. The van der Waals surface area contributed by atoms with Crippen molar-refractivity contribution in [2.45, 2.75) is 31.6 Å². The van der Waals surface area contributed by atoms with E-state index >= 15 is 0 Å². The van der Waals surface area contributed by atoms with Crippen LogP contribution in [0.3, 0.4) is 0 Å². The van der Waals surface area contributed by atoms with Gasteiger partial charge in [0.25, 0.3) is 0 Å². The number of ketones is 1. The summed E-state index contributed by atoms with van der Waals surface area (Å²) in [6, 6.07) is 13.0. The number of allylic oxidation sites excluding steroid dienone is 2. The molecule has 4 rings (SSSR count). The summed E-state index contributed by atoms with van der Waals surface area (Å²) in [4.78, 5) is 27.6. The number of Topliss-reactive ketones (excluding diaryl/α,β-unsaturated/α-hetero) is 1. The fourth-order valence-electron chi connectivity index (χ4n) is 3.95. The smallest absolute Gasteiger partial charge is 0.232 e. The molecule has 1 atom stereocenters. The first kappa shape index (κ1) is 18.7. The summed E-state index contributed by atoms with van der Waals surface area (Å²) in [5, 5.41) is 0.721. The number of hydrogen-bond acceptors (Lipinski definition) is 2. The molecule has 0 aromatic heterocycles. The lowest BCUT2D eigenvalue weighted by atomic mass is 9.77. The van der Waals surface area contributed by atoms with Crippen molar-refractivity contribution >= 4 is 56.5 Å². The fraction of sp³-hybridized carbons (Fsp3) is 0.238. The van der Waals surface area contributed by atoms with Crippen molar-refractivity contribution in [3.05, 3.63) is 73.8 Å². The van der Waals surface area contributed by atoms with Crippen LogP contribution in [0.25, 0.3) is 0 Å². The van der Waals surface area contributed by atoms with E-state index in [9.17, 15) is 9.59 Å². The van der Waals surface area contributed by atoms with Gasteiger partial charge in [0.2, 0.25) is 5.91 Å². The lowest BCUT2D eigenvalue weighted by Gasteiger charge is -2.38. The van der Waals surface area contributed by atoms with Gasteiger partial charge < -0.3 is 0 Å². The van der Waals surface area contributed by atoms with Gasteiger partial charge in [-0.1, -0.05) is 57.3 Å². The molecule has 0 N–H and O–H groups in total. The SMILES string of the molecule is O=C1CCCC2=C1C(c1cccc(Br)c1)CC(=O)N2c1cccc(Cl)c1Cl. The molecular weight excluding hydrogens is 449 g/mol. The van der Waals surface area contributed by atoms with Crippen LogP contribution in [0, 0.1) is 0 Å². The van der Waals surface area contributed by atoms with Crippen LogP contribution in [0.4, 0.5) is 5.69 Å². The fourth-order valence-corrected chi connectivity index (χ4v) is 4.74. The Morgan fingerprint density at radius 1 is 1.04 bits per heavy atom. The van der Waals surface area contributed by atoms with Crippen LogP contribution in [0.2, 0.25) is 10.0 Å². The molecule has 0 spiro atoms. The predicted octanol–water partition coefficient (Wildman–Crippen LogP) is 6.28. The van der Waals surface area contributed by atoms with Crippen LogP contribution in [0.15, 0.2) is 58.2 Å². The summed E-state index contributed by atoms with van der Waals surface area (Å²) in [5.41, 5.74) is 3.01. The Bertz CT molecular complexity index is 986. The monoisotopic (exact) mass is 463 g/mol. The molecule has 0 saturated carbocycles. The number of carbonyl (C=O) groups is 2. The minimum Gasteiger partial charge on any atom is -0.294 e. The van der Waals surface area contributed by atoms with Crippen LogP contribution in [-0.2, 0) is 9.59 Å². The quantitative estimate of drug-likeness (QED) is 0.524. The van der Waals surface area contributed by atoms with Gasteiger partial charge >= 0.3 is 0 Å². The topological polar surface area (TPSA) is 37.4 Å². The zero-order valence-electron chi connectivity index (χ0n) is 14.3. The number of carbonyl (C=O) groups excluding carboxylic acids is 2. The van der Waals surface area contributed by atoms with Crippen molar-refractivity contribution in [3.8, 4) is 0 Å². The molecule has 2 aromatic carbocycles. The summed E-state index contributed by atoms with van der Waals surface area (Å²) in [6.07, 6.45) is 2.13. The lowest BCUT2D eigenvalue weighted by Crippen LogP contribution is -2.40. The third kappa shape index (κ3) is 3.35. The zero-order valence-corrected chi connectivity index (χ0v) is 17.4. The van der Waals surface area contributed by atoms with Crippen LogP contribution < -0.4 is 4.90 Å². The van der Waals surface area contributed by atoms with Crippen LogP contribution in [-0.4, -0.2) is 11.7 Å². The van der Waals surface area contributed by atoms with E-state index in [2.05, 4.69) is 15.9 Å². The zero-order chi connectivity index (χ0) is 19.1. The van der Waals surface area contributed by atoms with Crippen LogP contribution >= 0.6 is 39.1 Å². The molecule has 6 heteroatoms. The van der Waals surface area contributed by atoms with E-state index in [1.807, 2.05) is 24.3 Å². The second-order valence-electron chi connectivity index (χ2n) is 6.75. The summed E-state index contributed by atoms with van der Waals surface area (Å²) < 4.78 is 0.929. The van der Waals surface area contributed by atoms with Gasteiger partial charge in [0.15, 0.2) is 5.78 Å². The third-order valence-electron chi connectivity index (χ3n) is 5.10. The highest BCUT2D eigenvalue weighted by Gasteiger charge is 2.40. The Morgan fingerprint density at radius 3 is 2.59 bits per heavy atom. The molecule has 138 valence electrons. The van der Waals surface area contributed by atoms with Gasteiger partial charge in [-0.05, 0) is 42.7 Å². The van der Waals surface area contributed by atoms with Crippen LogP contribution in [0.5, 0.6) is 0 Å². The Hall–Kier alpha value is -1.62. The maximum absolute atomic E-state index is 13.2. The highest BCUT2D eigenvalue weighted by atomic mass is 79.9. The molecule has 1 aliphatic carbocycles. The molecule has 1 amide bonds. The first-order chi connectivity index (χ1) is 13.0. The van der Waals surface area contributed by atoms with E-state index in [4.69, 9.17) is 23.2 Å². The second kappa shape index (κ2) is 7.42. The number of anilines is 1. The van der Waals surface area contributed by atoms with Crippen molar-refractivity contribution in [1.29, 1.82) is 0 Å². The summed E-state index contributed by atoms with van der Waals surface area (Å²) in [5.74, 6) is -0.193. The number of amides is 1. The van der Waals surface area contributed by atoms with Gasteiger partial charge in [0.05, 0.1) is 15.7 Å². The number of benzene rings is 2. The van der Waals surface area contributed by atoms with E-state index in [0.29, 0.717) is 28.6 Å². The van der Waals surface area contributed by atoms with Gasteiger partial charge in [-0.2, -0.15) is 0 Å². The van der Waals surface area contributed by atoms with Crippen molar-refractivity contribution < 1.29 is 9.59 Å². The Morgan fingerprint density at radius 2 is 1.81 bits per heavy atom. The molecule has 0 saturated heterocycles. The molecule has 27 heavy (non-hydrogen) atoms. The summed E-state index contributed by atoms with van der Waals surface area (Å²) >= 11 is 16.0. The molecule has 1 unspecified atom stereocenters. The molecule has 3 nitrogen and oxygen atoms in total. The highest BCUT2D eigenvalue weighted by molar-refractivity contribution is 9.10. The van der Waals surface area contributed by atoms with Gasteiger partial charge in [-0.25, -0.2) is 0 Å². The number of rotatable bonds is 2. The maximum Gasteiger partial charge on any atom is 0.232 e. The molecule has 1 heterocycles. The molecule has 2 aliphatic rings. The standard InChI is InChI=1S/C21H16BrCl2NO2/c22-13-5-1-4-12(10-13)14-11-19(27)25(16-7-3-9-18(26)20(14)16)17-8-2-6-15(23)21(17)24/h1-2,4-6,8,10,14H,3,7,9,11H2. The summed E-state index contributed by atoms with van der Waals surface area (Å²) in [6.45, 7) is 0. The van der Waals surface area contributed by atoms with E-state index in [-0.39, 0.29) is 24.0 Å². The number of nitrogens with zero attached hydrogens (tertiary/aromatic N) is 1. The molecule has 0 bridgehead atoms. The van der Waals surface area contributed by atoms with Crippen LogP contribution in [0.1, 0.15) is 37.2 Å². The van der Waals surface area contributed by atoms with Crippen molar-refractivity contribution in [2.24, 2.45) is 0 Å². The van der Waals surface area contributed by atoms with Gasteiger partial charge in [-0.3, -0.25) is 14.5 Å². The molecule has 1 aliphatic heterocycles. The Labute approximate surface area is 176 Å². The number of halogens is 3. The third-order valence-corrected chi connectivity index (χ3v) is 6.40. The average Bonchev–Trinajstić information content (AvgIpc) is 2.64. The van der Waals surface area contributed by atoms with E-state index in [1.54, 1.807) is 23.1 Å². The van der Waals surface area contributed by atoms with Crippen molar-refractivity contribution in [3.63, 3.8) is 0 Å². The molecular formula is C21H16BrCl2NO2. The second-order valence-corrected chi connectivity index (χ2v) is 8.45. The first-order valence-electron chi connectivity index (χ1n) is 8.76. The van der Waals surface area contributed by atoms with E-state index in [0.717, 1.165) is 27.7 Å². The predicted molar refractivity (Wildman–Crippen MR) is 111 cm³/mol. The van der Waals surface area contributed by atoms with E-state index in [1.165, 1.54) is 0 Å². The van der Waals surface area contributed by atoms with Gasteiger partial charge in [-0.15, -0.1) is 0 Å². The molecule has 2 aromatic rings. The minimum atomic E-state index is -0.230. The normalized spacial score (nSPS) is 20.1. The Kier molecular flexibility index (Phi) is 5.15. The van der Waals surface area contributed by atoms with Crippen molar-refractivity contribution in [2.75, 3.05) is 4.90 Å². The Balaban J connectivity index is 1.90. The minimum absolute atomic E-state index is 0.0717. The molecule has 0 fully saturated rings. The maximum atomic E-state index is 13.2. The van der Waals surface area contributed by atoms with Gasteiger partial charge in [0.1, 0.15) is 0 Å². The van der Waals surface area contributed by atoms with Gasteiger partial charge in [0, 0.05) is 34.5 Å². The molecule has 0 radical (unpaired) electrons. The number of hydrogen-bond donors (Lipinski definition) is 0. The van der Waals surface area contributed by atoms with E-state index < -0.39 is 0 Å². The largest absolute Gasteiger partial charge is 0.294 e. The van der Waals surface area contributed by atoms with Crippen molar-refractivity contribution in [1.82, 2.24) is 0 Å².